The van der Waals surface area contributed by atoms with Gasteiger partial charge in [-0.15, -0.1) is 4.40 Å². The second-order valence-corrected chi connectivity index (χ2v) is 9.08. The minimum absolute atomic E-state index is 0.104. The van der Waals surface area contributed by atoms with Crippen LogP contribution in [0, 0.1) is 5.92 Å². The summed E-state index contributed by atoms with van der Waals surface area (Å²) in [4.78, 5) is 12.4. The summed E-state index contributed by atoms with van der Waals surface area (Å²) in [6, 6.07) is 11.7. The number of amidine groups is 1. The molecule has 0 fully saturated rings. The lowest BCUT2D eigenvalue weighted by Gasteiger charge is -2.20. The van der Waals surface area contributed by atoms with Crippen molar-refractivity contribution >= 4 is 50.7 Å². The van der Waals surface area contributed by atoms with Crippen molar-refractivity contribution in [2.24, 2.45) is 10.3 Å². The first kappa shape index (κ1) is 20.6. The van der Waals surface area contributed by atoms with Crippen molar-refractivity contribution in [1.82, 2.24) is 5.32 Å². The second-order valence-electron chi connectivity index (χ2n) is 6.66. The highest BCUT2D eigenvalue weighted by Crippen LogP contribution is 2.28. The standard InChI is InChI=1S/C19H19Cl2N3O3S/c1-12(9-19(25)22-11-13-6-7-14(20)10-15(13)21)8-18-23-16-4-2-3-5-17(16)28(26,27)24-18/h2-7,10,12H,8-9,11H2,1H3,(H,22,25)(H,23,24)/t12-/m0/s1. The largest absolute Gasteiger partial charge is 0.352 e. The summed E-state index contributed by atoms with van der Waals surface area (Å²) in [5, 5.41) is 6.88. The Morgan fingerprint density at radius 2 is 1.96 bits per heavy atom. The molecule has 2 N–H and O–H groups in total. The van der Waals surface area contributed by atoms with Crippen molar-refractivity contribution in [2.75, 3.05) is 5.32 Å². The van der Waals surface area contributed by atoms with Gasteiger partial charge in [-0.3, -0.25) is 4.79 Å². The zero-order valence-electron chi connectivity index (χ0n) is 15.1. The van der Waals surface area contributed by atoms with Crippen LogP contribution in [0.2, 0.25) is 10.0 Å². The molecular formula is C19H19Cl2N3O3S. The number of rotatable bonds is 6. The highest BCUT2D eigenvalue weighted by molar-refractivity contribution is 7.90. The molecule has 0 bridgehead atoms. The van der Waals surface area contributed by atoms with E-state index >= 15 is 0 Å². The summed E-state index contributed by atoms with van der Waals surface area (Å²) in [5.41, 5.74) is 1.27. The van der Waals surface area contributed by atoms with E-state index in [-0.39, 0.29) is 23.1 Å². The van der Waals surface area contributed by atoms with Crippen molar-refractivity contribution in [3.8, 4) is 0 Å². The Hall–Kier alpha value is -2.09. The van der Waals surface area contributed by atoms with Gasteiger partial charge in [0, 0.05) is 29.4 Å². The summed E-state index contributed by atoms with van der Waals surface area (Å²) in [5.74, 6) is 0.0744. The minimum atomic E-state index is -3.72. The first-order valence-corrected chi connectivity index (χ1v) is 10.8. The lowest BCUT2D eigenvalue weighted by Crippen LogP contribution is -2.27. The van der Waals surface area contributed by atoms with Gasteiger partial charge in [0.2, 0.25) is 5.91 Å². The fourth-order valence-corrected chi connectivity index (χ4v) is 4.54. The van der Waals surface area contributed by atoms with Crippen LogP contribution in [-0.2, 0) is 21.4 Å². The molecule has 28 heavy (non-hydrogen) atoms. The quantitative estimate of drug-likeness (QED) is 0.704. The molecule has 1 amide bonds. The van der Waals surface area contributed by atoms with Crippen LogP contribution in [-0.4, -0.2) is 20.2 Å². The van der Waals surface area contributed by atoms with Gasteiger partial charge in [-0.05, 0) is 35.7 Å². The monoisotopic (exact) mass is 439 g/mol. The maximum atomic E-state index is 12.3. The molecule has 0 saturated heterocycles. The number of sulfonamides is 1. The number of halogens is 2. The normalized spacial score (nSPS) is 15.8. The molecular weight excluding hydrogens is 421 g/mol. The number of carbonyl (C=O) groups excluding carboxylic acids is 1. The Kier molecular flexibility index (Phi) is 6.27. The summed E-state index contributed by atoms with van der Waals surface area (Å²) in [7, 11) is -3.72. The van der Waals surface area contributed by atoms with Gasteiger partial charge in [0.05, 0.1) is 5.69 Å². The smallest absolute Gasteiger partial charge is 0.286 e. The Balaban J connectivity index is 1.56. The Bertz CT molecular complexity index is 1040. The van der Waals surface area contributed by atoms with Gasteiger partial charge < -0.3 is 10.6 Å². The Morgan fingerprint density at radius 3 is 2.71 bits per heavy atom. The van der Waals surface area contributed by atoms with Crippen LogP contribution in [0.1, 0.15) is 25.3 Å². The molecule has 1 aliphatic rings. The molecule has 2 aromatic carbocycles. The number of hydrogen-bond acceptors (Lipinski definition) is 4. The van der Waals surface area contributed by atoms with E-state index in [9.17, 15) is 13.2 Å². The van der Waals surface area contributed by atoms with E-state index in [1.807, 2.05) is 6.92 Å². The first-order chi connectivity index (χ1) is 13.2. The van der Waals surface area contributed by atoms with Crippen molar-refractivity contribution in [1.29, 1.82) is 0 Å². The highest BCUT2D eigenvalue weighted by Gasteiger charge is 2.25. The Morgan fingerprint density at radius 1 is 1.21 bits per heavy atom. The van der Waals surface area contributed by atoms with Gasteiger partial charge in [-0.1, -0.05) is 48.3 Å². The third kappa shape index (κ3) is 5.04. The van der Waals surface area contributed by atoms with Gasteiger partial charge in [-0.25, -0.2) is 0 Å². The number of amides is 1. The molecule has 3 rings (SSSR count). The molecule has 2 aromatic rings. The molecule has 0 saturated carbocycles. The van der Waals surface area contributed by atoms with Crippen LogP contribution in [0.5, 0.6) is 0 Å². The molecule has 0 aromatic heterocycles. The third-order valence-corrected chi connectivity index (χ3v) is 6.20. The molecule has 6 nitrogen and oxygen atoms in total. The molecule has 148 valence electrons. The van der Waals surface area contributed by atoms with E-state index in [1.165, 1.54) is 6.07 Å². The third-order valence-electron chi connectivity index (χ3n) is 4.24. The number of para-hydroxylation sites is 1. The van der Waals surface area contributed by atoms with E-state index in [4.69, 9.17) is 23.2 Å². The zero-order valence-corrected chi connectivity index (χ0v) is 17.4. The predicted octanol–water partition coefficient (Wildman–Crippen LogP) is 4.24. The minimum Gasteiger partial charge on any atom is -0.352 e. The highest BCUT2D eigenvalue weighted by atomic mass is 35.5. The molecule has 9 heteroatoms. The molecule has 0 radical (unpaired) electrons. The maximum absolute atomic E-state index is 12.3. The van der Waals surface area contributed by atoms with Crippen LogP contribution in [0.4, 0.5) is 5.69 Å². The van der Waals surface area contributed by atoms with Crippen molar-refractivity contribution < 1.29 is 13.2 Å². The van der Waals surface area contributed by atoms with Gasteiger partial charge in [0.1, 0.15) is 10.7 Å². The van der Waals surface area contributed by atoms with E-state index in [0.717, 1.165) is 5.56 Å². The zero-order chi connectivity index (χ0) is 20.3. The summed E-state index contributed by atoms with van der Waals surface area (Å²) in [6.45, 7) is 2.16. The molecule has 1 atom stereocenters. The van der Waals surface area contributed by atoms with Gasteiger partial charge in [0.25, 0.3) is 10.0 Å². The first-order valence-electron chi connectivity index (χ1n) is 8.65. The molecule has 1 aliphatic heterocycles. The van der Waals surface area contributed by atoms with Gasteiger partial charge in [-0.2, -0.15) is 8.42 Å². The van der Waals surface area contributed by atoms with Crippen molar-refractivity contribution in [2.45, 2.75) is 31.2 Å². The van der Waals surface area contributed by atoms with Gasteiger partial charge in [0.15, 0.2) is 0 Å². The number of fused-ring (bicyclic) bond motifs is 1. The van der Waals surface area contributed by atoms with Crippen LogP contribution >= 0.6 is 23.2 Å². The van der Waals surface area contributed by atoms with E-state index < -0.39 is 10.0 Å². The van der Waals surface area contributed by atoms with Crippen LogP contribution in [0.25, 0.3) is 0 Å². The predicted molar refractivity (Wildman–Crippen MR) is 111 cm³/mol. The van der Waals surface area contributed by atoms with E-state index in [0.29, 0.717) is 34.5 Å². The van der Waals surface area contributed by atoms with Gasteiger partial charge >= 0.3 is 0 Å². The van der Waals surface area contributed by atoms with E-state index in [2.05, 4.69) is 15.0 Å². The lowest BCUT2D eigenvalue weighted by atomic mass is 10.0. The molecule has 1 heterocycles. The summed E-state index contributed by atoms with van der Waals surface area (Å²) >= 11 is 12.0. The number of nitrogens with zero attached hydrogens (tertiary/aromatic N) is 1. The number of hydrogen-bond donors (Lipinski definition) is 2. The number of carbonyl (C=O) groups is 1. The van der Waals surface area contributed by atoms with Crippen LogP contribution in [0.3, 0.4) is 0 Å². The molecule has 0 aliphatic carbocycles. The maximum Gasteiger partial charge on any atom is 0.286 e. The van der Waals surface area contributed by atoms with Crippen LogP contribution < -0.4 is 10.6 Å². The van der Waals surface area contributed by atoms with Crippen molar-refractivity contribution in [3.63, 3.8) is 0 Å². The topological polar surface area (TPSA) is 87.6 Å². The molecule has 0 unspecified atom stereocenters. The van der Waals surface area contributed by atoms with E-state index in [1.54, 1.807) is 36.4 Å². The summed E-state index contributed by atoms with van der Waals surface area (Å²) in [6.07, 6.45) is 0.566. The second kappa shape index (κ2) is 8.51. The number of anilines is 1. The molecule has 0 spiro atoms. The lowest BCUT2D eigenvalue weighted by molar-refractivity contribution is -0.122. The SMILES string of the molecule is C[C@H](CC(=O)NCc1ccc(Cl)cc1Cl)CC1=NS(=O)(=O)c2ccccc2N1. The summed E-state index contributed by atoms with van der Waals surface area (Å²) < 4.78 is 28.4. The van der Waals surface area contributed by atoms with Crippen LogP contribution in [0.15, 0.2) is 51.8 Å². The average molecular weight is 440 g/mol. The average Bonchev–Trinajstić information content (AvgIpc) is 2.60. The fourth-order valence-electron chi connectivity index (χ4n) is 2.91. The Labute approximate surface area is 174 Å². The number of benzene rings is 2. The fraction of sp³-hybridized carbons (Fsp3) is 0.263. The number of nitrogens with one attached hydrogen (secondary N) is 2. The van der Waals surface area contributed by atoms with Crippen molar-refractivity contribution in [3.05, 3.63) is 58.1 Å².